The van der Waals surface area contributed by atoms with Gasteiger partial charge in [0.2, 0.25) is 5.91 Å². The molecule has 2 rings (SSSR count). The molecular formula is C22H30ClN3O3S. The van der Waals surface area contributed by atoms with Crippen molar-refractivity contribution < 1.29 is 14.7 Å². The number of benzene rings is 1. The molecule has 0 radical (unpaired) electrons. The van der Waals surface area contributed by atoms with Crippen LogP contribution in [-0.4, -0.2) is 32.3 Å². The van der Waals surface area contributed by atoms with E-state index in [2.05, 4.69) is 29.9 Å². The molecule has 30 heavy (non-hydrogen) atoms. The maximum absolute atomic E-state index is 12.6. The lowest BCUT2D eigenvalue weighted by atomic mass is 9.97. The lowest BCUT2D eigenvalue weighted by molar-refractivity contribution is -0.125. The average Bonchev–Trinajstić information content (AvgIpc) is 2.99. The zero-order valence-corrected chi connectivity index (χ0v) is 19.3. The van der Waals surface area contributed by atoms with Crippen molar-refractivity contribution in [2.45, 2.75) is 53.1 Å². The third kappa shape index (κ3) is 6.01. The highest BCUT2D eigenvalue weighted by molar-refractivity contribution is 7.80. The Morgan fingerprint density at radius 1 is 1.30 bits per heavy atom. The first kappa shape index (κ1) is 24.3. The lowest BCUT2D eigenvalue weighted by Gasteiger charge is -2.19. The maximum atomic E-state index is 12.6. The van der Waals surface area contributed by atoms with Crippen LogP contribution >= 0.6 is 24.2 Å². The van der Waals surface area contributed by atoms with Crippen molar-refractivity contribution in [3.8, 4) is 0 Å². The Morgan fingerprint density at radius 2 is 2.00 bits per heavy atom. The minimum absolute atomic E-state index is 0.0788. The number of carboxylic acid groups (broad SMARTS) is 1. The first-order valence-corrected chi connectivity index (χ1v) is 11.2. The van der Waals surface area contributed by atoms with E-state index < -0.39 is 5.97 Å². The van der Waals surface area contributed by atoms with Crippen LogP contribution in [0.2, 0.25) is 5.15 Å². The van der Waals surface area contributed by atoms with Gasteiger partial charge >= 0.3 is 5.97 Å². The van der Waals surface area contributed by atoms with Gasteiger partial charge in [-0.25, -0.2) is 9.78 Å². The van der Waals surface area contributed by atoms with E-state index >= 15 is 0 Å². The number of thiol groups is 1. The molecule has 1 unspecified atom stereocenters. The largest absolute Gasteiger partial charge is 0.478 e. The third-order valence-electron chi connectivity index (χ3n) is 5.20. The highest BCUT2D eigenvalue weighted by Gasteiger charge is 2.23. The zero-order valence-electron chi connectivity index (χ0n) is 17.7. The number of carbonyl (C=O) groups excluding carboxylic acids is 1. The van der Waals surface area contributed by atoms with Gasteiger partial charge in [0.05, 0.1) is 17.8 Å². The van der Waals surface area contributed by atoms with Gasteiger partial charge in [0.15, 0.2) is 5.15 Å². The van der Waals surface area contributed by atoms with Crippen LogP contribution < -0.4 is 5.32 Å². The summed E-state index contributed by atoms with van der Waals surface area (Å²) in [5, 5.41) is 12.8. The van der Waals surface area contributed by atoms with Gasteiger partial charge in [0.25, 0.3) is 0 Å². The quantitative estimate of drug-likeness (QED) is 0.441. The number of halogens is 1. The van der Waals surface area contributed by atoms with Crippen molar-refractivity contribution in [3.63, 3.8) is 0 Å². The second kappa shape index (κ2) is 11.4. The molecule has 2 N–H and O–H groups in total. The summed E-state index contributed by atoms with van der Waals surface area (Å²) in [6.07, 6.45) is 2.67. The van der Waals surface area contributed by atoms with E-state index in [9.17, 15) is 14.7 Å². The topological polar surface area (TPSA) is 84.2 Å². The highest BCUT2D eigenvalue weighted by atomic mass is 35.5. The smallest absolute Gasteiger partial charge is 0.336 e. The molecule has 0 fully saturated rings. The number of unbranched alkanes of at least 4 members (excludes halogenated alkanes) is 1. The van der Waals surface area contributed by atoms with Crippen LogP contribution in [0.15, 0.2) is 24.3 Å². The molecule has 1 aromatic heterocycles. The molecule has 6 nitrogen and oxygen atoms in total. The summed E-state index contributed by atoms with van der Waals surface area (Å²) in [5.74, 6) is 0.173. The van der Waals surface area contributed by atoms with Gasteiger partial charge in [-0.3, -0.25) is 4.79 Å². The molecule has 1 heterocycles. The lowest BCUT2D eigenvalue weighted by Crippen LogP contribution is -2.35. The Kier molecular flexibility index (Phi) is 9.24. The van der Waals surface area contributed by atoms with Crippen molar-refractivity contribution in [2.75, 3.05) is 5.75 Å². The third-order valence-corrected chi connectivity index (χ3v) is 5.90. The Balaban J connectivity index is 2.35. The molecule has 1 amide bonds. The fourth-order valence-electron chi connectivity index (χ4n) is 3.32. The summed E-state index contributed by atoms with van der Waals surface area (Å²) < 4.78 is 1.94. The van der Waals surface area contributed by atoms with Crippen molar-refractivity contribution in [1.82, 2.24) is 14.9 Å². The van der Waals surface area contributed by atoms with Crippen LogP contribution in [0.25, 0.3) is 0 Å². The molecule has 164 valence electrons. The van der Waals surface area contributed by atoms with Gasteiger partial charge in [-0.2, -0.15) is 12.6 Å². The van der Waals surface area contributed by atoms with E-state index in [4.69, 9.17) is 11.6 Å². The summed E-state index contributed by atoms with van der Waals surface area (Å²) in [7, 11) is 0. The number of hydrogen-bond acceptors (Lipinski definition) is 4. The molecule has 2 aromatic rings. The first-order chi connectivity index (χ1) is 14.3. The summed E-state index contributed by atoms with van der Waals surface area (Å²) in [6.45, 7) is 6.63. The van der Waals surface area contributed by atoms with Crippen LogP contribution in [0.3, 0.4) is 0 Å². The molecule has 8 heteroatoms. The Hall–Kier alpha value is -1.99. The zero-order chi connectivity index (χ0) is 22.3. The number of nitrogens with one attached hydrogen (secondary N) is 1. The number of aromatic nitrogens is 2. The summed E-state index contributed by atoms with van der Waals surface area (Å²) in [6, 6.07) is 6.90. The second-order valence-electron chi connectivity index (χ2n) is 7.67. The minimum atomic E-state index is -0.977. The van der Waals surface area contributed by atoms with E-state index in [-0.39, 0.29) is 29.9 Å². The van der Waals surface area contributed by atoms with Crippen LogP contribution in [0.5, 0.6) is 0 Å². The normalized spacial score (nSPS) is 12.2. The van der Waals surface area contributed by atoms with Gasteiger partial charge in [-0.1, -0.05) is 57.0 Å². The van der Waals surface area contributed by atoms with Crippen molar-refractivity contribution >= 4 is 36.1 Å². The number of carbonyl (C=O) groups is 2. The monoisotopic (exact) mass is 451 g/mol. The van der Waals surface area contributed by atoms with Crippen molar-refractivity contribution in [3.05, 3.63) is 52.1 Å². The molecule has 0 aliphatic rings. The maximum Gasteiger partial charge on any atom is 0.336 e. The molecule has 0 bridgehead atoms. The van der Waals surface area contributed by atoms with Gasteiger partial charge in [0, 0.05) is 24.6 Å². The highest BCUT2D eigenvalue weighted by Crippen LogP contribution is 2.23. The minimum Gasteiger partial charge on any atom is -0.478 e. The van der Waals surface area contributed by atoms with Gasteiger partial charge < -0.3 is 15.0 Å². The van der Waals surface area contributed by atoms with Crippen molar-refractivity contribution in [2.24, 2.45) is 11.8 Å². The van der Waals surface area contributed by atoms with Crippen LogP contribution in [-0.2, 0) is 24.3 Å². The number of nitrogens with zero attached hydrogens (tertiary/aromatic N) is 2. The standard InChI is InChI=1S/C22H30ClN3O3S/c1-4-5-10-19-25-20(23)18(11-24-21(27)17(13-30)14(2)3)26(19)12-15-8-6-7-9-16(15)22(28)29/h6-9,14,17,30H,4-5,10-13H2,1-3H3,(H,24,27)(H,28,29). The Bertz CT molecular complexity index is 883. The molecule has 0 aliphatic carbocycles. The molecular weight excluding hydrogens is 422 g/mol. The number of amides is 1. The van der Waals surface area contributed by atoms with Gasteiger partial charge in [-0.15, -0.1) is 0 Å². The van der Waals surface area contributed by atoms with E-state index in [1.807, 2.05) is 24.5 Å². The fraction of sp³-hybridized carbons (Fsp3) is 0.500. The summed E-state index contributed by atoms with van der Waals surface area (Å²) in [4.78, 5) is 28.7. The van der Waals surface area contributed by atoms with Crippen molar-refractivity contribution in [1.29, 1.82) is 0 Å². The van der Waals surface area contributed by atoms with Crippen LogP contribution in [0.1, 0.15) is 61.1 Å². The predicted molar refractivity (Wildman–Crippen MR) is 122 cm³/mol. The number of aromatic carboxylic acids is 1. The number of rotatable bonds is 11. The van der Waals surface area contributed by atoms with Crippen LogP contribution in [0.4, 0.5) is 0 Å². The molecule has 1 aromatic carbocycles. The van der Waals surface area contributed by atoms with Gasteiger partial charge in [-0.05, 0) is 24.0 Å². The summed E-state index contributed by atoms with van der Waals surface area (Å²) >= 11 is 10.7. The van der Waals surface area contributed by atoms with E-state index in [1.54, 1.807) is 18.2 Å². The number of hydrogen-bond donors (Lipinski definition) is 3. The number of aryl methyl sites for hydroxylation is 1. The average molecular weight is 452 g/mol. The second-order valence-corrected chi connectivity index (χ2v) is 8.39. The Labute approximate surface area is 188 Å². The molecule has 0 saturated heterocycles. The first-order valence-electron chi connectivity index (χ1n) is 10.2. The summed E-state index contributed by atoms with van der Waals surface area (Å²) in [5.41, 5.74) is 1.59. The number of imidazole rings is 1. The fourth-order valence-corrected chi connectivity index (χ4v) is 4.18. The van der Waals surface area contributed by atoms with Gasteiger partial charge in [0.1, 0.15) is 5.82 Å². The van der Waals surface area contributed by atoms with E-state index in [0.29, 0.717) is 28.7 Å². The SMILES string of the molecule is CCCCc1nc(Cl)c(CNC(=O)C(CS)C(C)C)n1Cc1ccccc1C(=O)O. The Morgan fingerprint density at radius 3 is 2.60 bits per heavy atom. The van der Waals surface area contributed by atoms with Crippen LogP contribution in [0, 0.1) is 11.8 Å². The van der Waals surface area contributed by atoms with E-state index in [1.165, 1.54) is 0 Å². The number of carboxylic acids is 1. The van der Waals surface area contributed by atoms with E-state index in [0.717, 1.165) is 25.1 Å². The predicted octanol–water partition coefficient (Wildman–Crippen LogP) is 4.44. The molecule has 0 saturated carbocycles. The molecule has 0 aliphatic heterocycles. The molecule has 1 atom stereocenters. The molecule has 0 spiro atoms.